The van der Waals surface area contributed by atoms with Gasteiger partial charge >= 0.3 is 0 Å². The number of Topliss-reactive ketones (excluding diaryl/α,β-unsaturated/α-hetero) is 2. The number of nitrogen functional groups attached to an aromatic ring is 1. The van der Waals surface area contributed by atoms with Crippen LogP contribution in [0.4, 0.5) is 11.4 Å². The molecule has 6 rings (SSSR count). The zero-order chi connectivity index (χ0) is 34.1. The molecule has 238 valence electrons. The maximum absolute atomic E-state index is 14.1. The lowest BCUT2D eigenvalue weighted by Gasteiger charge is -2.26. The summed E-state index contributed by atoms with van der Waals surface area (Å²) in [5, 5.41) is 10.1. The molecule has 0 atom stereocenters. The van der Waals surface area contributed by atoms with E-state index in [0.717, 1.165) is 0 Å². The van der Waals surface area contributed by atoms with Crippen LogP contribution in [0, 0.1) is 0 Å². The zero-order valence-electron chi connectivity index (χ0n) is 25.8. The lowest BCUT2D eigenvalue weighted by atomic mass is 9.75. The van der Waals surface area contributed by atoms with Crippen LogP contribution in [-0.4, -0.2) is 53.7 Å². The zero-order valence-corrected chi connectivity index (χ0v) is 25.8. The Morgan fingerprint density at radius 2 is 1.02 bits per heavy atom. The number of amides is 1. The van der Waals surface area contributed by atoms with Crippen LogP contribution in [0.2, 0.25) is 0 Å². The molecule has 2 aliphatic rings. The van der Waals surface area contributed by atoms with Crippen LogP contribution in [-0.2, 0) is 14.4 Å². The number of azo groups is 1. The molecule has 0 saturated heterocycles. The smallest absolute Gasteiger partial charge is 0.224 e. The minimum Gasteiger partial charge on any atom is -0.398 e. The Hall–Kier alpha value is -6.23. The number of nitrogens with one attached hydrogen (secondary N) is 1. The third-order valence-corrected chi connectivity index (χ3v) is 8.37. The molecule has 48 heavy (non-hydrogen) atoms. The molecule has 0 fully saturated rings. The van der Waals surface area contributed by atoms with Crippen LogP contribution >= 0.6 is 0 Å². The van der Waals surface area contributed by atoms with E-state index < -0.39 is 29.0 Å². The Morgan fingerprint density at radius 1 is 0.562 bits per heavy atom. The number of hydrogen-bond donors (Lipinski definition) is 2. The molecule has 4 aromatic carbocycles. The highest BCUT2D eigenvalue weighted by molar-refractivity contribution is 6.35. The van der Waals surface area contributed by atoms with Crippen molar-refractivity contribution in [3.63, 3.8) is 0 Å². The Labute approximate surface area is 274 Å². The van der Waals surface area contributed by atoms with Crippen LogP contribution < -0.4 is 11.1 Å². The van der Waals surface area contributed by atoms with Gasteiger partial charge in [0.1, 0.15) is 13.1 Å². The molecule has 2 aliphatic carbocycles. The number of nitrogens with two attached hydrogens (primary N) is 1. The standard InChI is InChI=1S/C37H28N4O7/c1-2-19(42)17-39-40-18-20(43)11-16-29(44)41-28-15-13-22(31-33(28)37(48)26-10-6-4-8-24(26)35(31)46)21-12-14-27(38)32-30(21)34(45)23-7-3-5-9-25(23)36(32)47/h3-10,12-15H,2,11,16-18,38H2,1H3,(H,41,44). The predicted molar refractivity (Wildman–Crippen MR) is 176 cm³/mol. The van der Waals surface area contributed by atoms with Gasteiger partial charge in [-0.3, -0.25) is 33.6 Å². The largest absolute Gasteiger partial charge is 0.398 e. The van der Waals surface area contributed by atoms with E-state index in [0.29, 0.717) is 6.42 Å². The van der Waals surface area contributed by atoms with Gasteiger partial charge in [0.2, 0.25) is 5.91 Å². The van der Waals surface area contributed by atoms with Crippen molar-refractivity contribution in [1.29, 1.82) is 0 Å². The Kier molecular flexibility index (Phi) is 8.51. The highest BCUT2D eigenvalue weighted by Gasteiger charge is 2.38. The number of anilines is 2. The molecule has 0 aromatic heterocycles. The highest BCUT2D eigenvalue weighted by Crippen LogP contribution is 2.43. The molecular formula is C37H28N4O7. The van der Waals surface area contributed by atoms with Crippen LogP contribution in [0.15, 0.2) is 83.0 Å². The number of benzene rings is 4. The number of hydrogen-bond acceptors (Lipinski definition) is 10. The fraction of sp³-hybridized carbons (Fsp3) is 0.162. The second-order valence-electron chi connectivity index (χ2n) is 11.3. The topological polar surface area (TPSA) is 182 Å². The summed E-state index contributed by atoms with van der Waals surface area (Å²) in [6, 6.07) is 18.7. The first kappa shape index (κ1) is 31.7. The molecule has 3 N–H and O–H groups in total. The van der Waals surface area contributed by atoms with Gasteiger partial charge in [0, 0.05) is 58.3 Å². The van der Waals surface area contributed by atoms with Gasteiger partial charge in [-0.05, 0) is 23.3 Å². The van der Waals surface area contributed by atoms with Gasteiger partial charge in [0.25, 0.3) is 0 Å². The average Bonchev–Trinajstić information content (AvgIpc) is 3.10. The van der Waals surface area contributed by atoms with Crippen molar-refractivity contribution in [2.24, 2.45) is 10.2 Å². The summed E-state index contributed by atoms with van der Waals surface area (Å²) < 4.78 is 0. The minimum absolute atomic E-state index is 0.0125. The first-order chi connectivity index (χ1) is 23.1. The Balaban J connectivity index is 1.39. The van der Waals surface area contributed by atoms with Gasteiger partial charge in [-0.1, -0.05) is 67.6 Å². The third kappa shape index (κ3) is 5.55. The van der Waals surface area contributed by atoms with E-state index in [9.17, 15) is 33.6 Å². The van der Waals surface area contributed by atoms with Crippen molar-refractivity contribution in [1.82, 2.24) is 0 Å². The molecule has 0 aliphatic heterocycles. The number of ketones is 6. The van der Waals surface area contributed by atoms with Gasteiger partial charge in [-0.2, -0.15) is 10.2 Å². The summed E-state index contributed by atoms with van der Waals surface area (Å²) in [6.07, 6.45) is -0.0945. The first-order valence-electron chi connectivity index (χ1n) is 15.3. The Morgan fingerprint density at radius 3 is 1.56 bits per heavy atom. The average molecular weight is 641 g/mol. The lowest BCUT2D eigenvalue weighted by molar-refractivity contribution is -0.122. The SMILES string of the molecule is CCC(=O)CN=NCC(=O)CCC(=O)Nc1ccc(-c2ccc(N)c3c2C(=O)c2ccccc2C3=O)c2c1C(=O)c1ccccc1C2=O. The van der Waals surface area contributed by atoms with Crippen LogP contribution in [0.1, 0.15) is 89.9 Å². The molecule has 0 spiro atoms. The van der Waals surface area contributed by atoms with Crippen LogP contribution in [0.5, 0.6) is 0 Å². The van der Waals surface area contributed by atoms with Crippen LogP contribution in [0.25, 0.3) is 11.1 Å². The molecule has 1 amide bonds. The molecule has 0 bridgehead atoms. The van der Waals surface area contributed by atoms with E-state index in [4.69, 9.17) is 5.73 Å². The quantitative estimate of drug-likeness (QED) is 0.151. The molecule has 0 radical (unpaired) electrons. The molecular weight excluding hydrogens is 612 g/mol. The number of fused-ring (bicyclic) bond motifs is 4. The van der Waals surface area contributed by atoms with Crippen molar-refractivity contribution in [2.75, 3.05) is 24.1 Å². The van der Waals surface area contributed by atoms with Gasteiger partial charge in [0.15, 0.2) is 34.7 Å². The van der Waals surface area contributed by atoms with Gasteiger partial charge in [-0.15, -0.1) is 0 Å². The maximum atomic E-state index is 14.1. The third-order valence-electron chi connectivity index (χ3n) is 8.37. The van der Waals surface area contributed by atoms with Crippen molar-refractivity contribution >= 4 is 52.0 Å². The van der Waals surface area contributed by atoms with Crippen molar-refractivity contribution in [3.05, 3.63) is 117 Å². The van der Waals surface area contributed by atoms with E-state index in [1.165, 1.54) is 30.3 Å². The van der Waals surface area contributed by atoms with Gasteiger partial charge in [-0.25, -0.2) is 0 Å². The summed E-state index contributed by atoms with van der Waals surface area (Å²) in [6.45, 7) is 1.30. The molecule has 0 saturated carbocycles. The van der Waals surface area contributed by atoms with E-state index in [1.54, 1.807) is 49.4 Å². The Bertz CT molecular complexity index is 2150. The summed E-state index contributed by atoms with van der Waals surface area (Å²) in [7, 11) is 0. The van der Waals surface area contributed by atoms with Crippen LogP contribution in [0.3, 0.4) is 0 Å². The van der Waals surface area contributed by atoms with E-state index in [2.05, 4.69) is 15.5 Å². The molecule has 11 nitrogen and oxygen atoms in total. The lowest BCUT2D eigenvalue weighted by Crippen LogP contribution is -2.26. The van der Waals surface area contributed by atoms with Gasteiger partial charge in [0.05, 0.1) is 16.8 Å². The molecule has 0 heterocycles. The van der Waals surface area contributed by atoms with E-state index >= 15 is 0 Å². The summed E-state index contributed by atoms with van der Waals surface area (Å²) in [5.41, 5.74) is 7.45. The number of carbonyl (C=O) groups excluding carboxylic acids is 7. The fourth-order valence-electron chi connectivity index (χ4n) is 5.94. The second kappa shape index (κ2) is 12.9. The second-order valence-corrected chi connectivity index (χ2v) is 11.3. The molecule has 0 unspecified atom stereocenters. The monoisotopic (exact) mass is 640 g/mol. The van der Waals surface area contributed by atoms with E-state index in [-0.39, 0.29) is 105 Å². The highest BCUT2D eigenvalue weighted by atomic mass is 16.2. The predicted octanol–water partition coefficient (Wildman–Crippen LogP) is 5.21. The fourth-order valence-corrected chi connectivity index (χ4v) is 5.94. The molecule has 4 aromatic rings. The number of nitrogens with zero attached hydrogens (tertiary/aromatic N) is 2. The van der Waals surface area contributed by atoms with Crippen molar-refractivity contribution in [3.8, 4) is 11.1 Å². The summed E-state index contributed by atoms with van der Waals surface area (Å²) in [5.74, 6) is -2.99. The summed E-state index contributed by atoms with van der Waals surface area (Å²) >= 11 is 0. The van der Waals surface area contributed by atoms with E-state index in [1.807, 2.05) is 0 Å². The number of carbonyl (C=O) groups is 7. The van der Waals surface area contributed by atoms with Gasteiger partial charge < -0.3 is 11.1 Å². The van der Waals surface area contributed by atoms with Crippen molar-refractivity contribution < 1.29 is 33.6 Å². The minimum atomic E-state index is -0.585. The molecule has 11 heteroatoms. The number of rotatable bonds is 10. The van der Waals surface area contributed by atoms with Crippen molar-refractivity contribution in [2.45, 2.75) is 26.2 Å². The maximum Gasteiger partial charge on any atom is 0.224 e. The first-order valence-corrected chi connectivity index (χ1v) is 15.3. The normalized spacial score (nSPS) is 13.1. The summed E-state index contributed by atoms with van der Waals surface area (Å²) in [4.78, 5) is 92.3.